The fourth-order valence-corrected chi connectivity index (χ4v) is 2.21. The third-order valence-electron chi connectivity index (χ3n) is 3.53. The van der Waals surface area contributed by atoms with E-state index in [9.17, 15) is 22.4 Å². The number of alkyl halides is 3. The number of halogens is 4. The maximum atomic E-state index is 13.4. The van der Waals surface area contributed by atoms with Crippen molar-refractivity contribution < 1.29 is 27.0 Å². The Hall–Kier alpha value is -3.43. The Labute approximate surface area is 155 Å². The van der Waals surface area contributed by atoms with Crippen LogP contribution in [0.4, 0.5) is 17.6 Å². The Morgan fingerprint density at radius 2 is 1.82 bits per heavy atom. The zero-order valence-electron chi connectivity index (χ0n) is 14.2. The molecule has 10 heteroatoms. The molecule has 3 aromatic rings. The number of H-pyrrole nitrogens is 1. The lowest BCUT2D eigenvalue weighted by Crippen LogP contribution is -2.14. The second kappa shape index (κ2) is 8.07. The van der Waals surface area contributed by atoms with Gasteiger partial charge in [-0.2, -0.15) is 22.5 Å². The highest BCUT2D eigenvalue weighted by molar-refractivity contribution is 5.31. The molecule has 2 aromatic heterocycles. The number of nitrogens with zero attached hydrogens (tertiary/aromatic N) is 2. The summed E-state index contributed by atoms with van der Waals surface area (Å²) in [6.45, 7) is 0.0895. The summed E-state index contributed by atoms with van der Waals surface area (Å²) in [7, 11) is 0. The summed E-state index contributed by atoms with van der Waals surface area (Å²) in [6, 6.07) is 9.86. The number of pyridine rings is 1. The average Bonchev–Trinajstić information content (AvgIpc) is 2.65. The molecule has 1 N–H and O–H groups in total. The van der Waals surface area contributed by atoms with Crippen molar-refractivity contribution in [1.82, 2.24) is 15.0 Å². The molecule has 1 aromatic carbocycles. The van der Waals surface area contributed by atoms with Crippen LogP contribution in [-0.2, 0) is 12.6 Å². The molecule has 0 saturated carbocycles. The maximum absolute atomic E-state index is 13.4. The molecule has 6 nitrogen and oxygen atoms in total. The molecule has 28 heavy (non-hydrogen) atoms. The smallest absolute Gasteiger partial charge is 0.433 e. The summed E-state index contributed by atoms with van der Waals surface area (Å²) >= 11 is 0. The minimum atomic E-state index is -4.55. The van der Waals surface area contributed by atoms with E-state index in [1.165, 1.54) is 12.1 Å². The summed E-state index contributed by atoms with van der Waals surface area (Å²) < 4.78 is 61.9. The van der Waals surface area contributed by atoms with Crippen molar-refractivity contribution in [2.24, 2.45) is 0 Å². The van der Waals surface area contributed by atoms with Crippen LogP contribution >= 0.6 is 0 Å². The van der Waals surface area contributed by atoms with Crippen LogP contribution in [0.5, 0.6) is 17.5 Å². The molecule has 0 saturated heterocycles. The third kappa shape index (κ3) is 5.06. The van der Waals surface area contributed by atoms with Crippen molar-refractivity contribution in [3.63, 3.8) is 0 Å². The molecule has 0 unspecified atom stereocenters. The minimum absolute atomic E-state index is 0.0895. The fraction of sp³-hybridized carbons (Fsp3) is 0.167. The van der Waals surface area contributed by atoms with Crippen LogP contribution in [0.1, 0.15) is 11.3 Å². The maximum Gasteiger partial charge on any atom is 0.433 e. The van der Waals surface area contributed by atoms with Gasteiger partial charge in [0, 0.05) is 12.5 Å². The zero-order chi connectivity index (χ0) is 20.1. The number of aromatic nitrogens is 3. The standard InChI is InChI=1S/C18H13F4N3O3/c19-13-10-23-17(26)25-16(13)27-9-8-11-4-6-12(7-5-11)28-15-3-1-2-14(24-15)18(20,21)22/h1-7,10H,8-9H2,(H,23,25,26). The molecule has 0 bridgehead atoms. The van der Waals surface area contributed by atoms with Crippen LogP contribution in [0.3, 0.4) is 0 Å². The molecule has 2 heterocycles. The first-order valence-electron chi connectivity index (χ1n) is 8.00. The highest BCUT2D eigenvalue weighted by Crippen LogP contribution is 2.29. The molecule has 0 fully saturated rings. The summed E-state index contributed by atoms with van der Waals surface area (Å²) in [5, 5.41) is 0. The zero-order valence-corrected chi connectivity index (χ0v) is 14.2. The molecule has 0 radical (unpaired) electrons. The highest BCUT2D eigenvalue weighted by atomic mass is 19.4. The number of benzene rings is 1. The molecule has 0 aliphatic rings. The second-order valence-electron chi connectivity index (χ2n) is 5.57. The summed E-state index contributed by atoms with van der Waals surface area (Å²) in [5.41, 5.74) is -0.956. The first-order chi connectivity index (χ1) is 13.3. The monoisotopic (exact) mass is 395 g/mol. The summed E-state index contributed by atoms with van der Waals surface area (Å²) in [4.78, 5) is 19.8. The van der Waals surface area contributed by atoms with Crippen LogP contribution < -0.4 is 15.2 Å². The predicted molar refractivity (Wildman–Crippen MR) is 89.8 cm³/mol. The molecule has 0 atom stereocenters. The van der Waals surface area contributed by atoms with Gasteiger partial charge in [0.05, 0.1) is 12.8 Å². The van der Waals surface area contributed by atoms with E-state index in [0.717, 1.165) is 17.8 Å². The molecule has 3 rings (SSSR count). The van der Waals surface area contributed by atoms with Gasteiger partial charge in [0.1, 0.15) is 11.4 Å². The molecule has 0 aliphatic heterocycles. The van der Waals surface area contributed by atoms with E-state index >= 15 is 0 Å². The lowest BCUT2D eigenvalue weighted by molar-refractivity contribution is -0.141. The van der Waals surface area contributed by atoms with E-state index in [1.54, 1.807) is 24.3 Å². The van der Waals surface area contributed by atoms with Crippen LogP contribution in [0.15, 0.2) is 53.5 Å². The predicted octanol–water partition coefficient (Wildman–Crippen LogP) is 3.74. The first-order valence-corrected chi connectivity index (χ1v) is 8.00. The van der Waals surface area contributed by atoms with E-state index < -0.39 is 23.4 Å². The quantitative estimate of drug-likeness (QED) is 0.644. The van der Waals surface area contributed by atoms with Crippen LogP contribution in [0.2, 0.25) is 0 Å². The number of ether oxygens (including phenoxy) is 2. The third-order valence-corrected chi connectivity index (χ3v) is 3.53. The van der Waals surface area contributed by atoms with Crippen LogP contribution in [0, 0.1) is 5.82 Å². The van der Waals surface area contributed by atoms with E-state index in [-0.39, 0.29) is 18.4 Å². The van der Waals surface area contributed by atoms with Gasteiger partial charge in [-0.1, -0.05) is 18.2 Å². The fourth-order valence-electron chi connectivity index (χ4n) is 2.21. The van der Waals surface area contributed by atoms with Gasteiger partial charge >= 0.3 is 11.9 Å². The van der Waals surface area contributed by atoms with Crippen molar-refractivity contribution >= 4 is 0 Å². The average molecular weight is 395 g/mol. The van der Waals surface area contributed by atoms with Crippen molar-refractivity contribution in [2.45, 2.75) is 12.6 Å². The van der Waals surface area contributed by atoms with Gasteiger partial charge in [0.2, 0.25) is 17.6 Å². The van der Waals surface area contributed by atoms with E-state index in [1.807, 2.05) is 0 Å². The van der Waals surface area contributed by atoms with Crippen LogP contribution in [-0.4, -0.2) is 21.6 Å². The van der Waals surface area contributed by atoms with Gasteiger partial charge in [-0.25, -0.2) is 9.78 Å². The van der Waals surface area contributed by atoms with Gasteiger partial charge in [0.15, 0.2) is 0 Å². The number of nitrogens with one attached hydrogen (secondary N) is 1. The molecular formula is C18H13F4N3O3. The number of hydrogen-bond donors (Lipinski definition) is 1. The van der Waals surface area contributed by atoms with Crippen molar-refractivity contribution in [1.29, 1.82) is 0 Å². The number of rotatable bonds is 6. The lowest BCUT2D eigenvalue weighted by Gasteiger charge is -2.09. The van der Waals surface area contributed by atoms with Gasteiger partial charge in [0.25, 0.3) is 0 Å². The van der Waals surface area contributed by atoms with Gasteiger partial charge in [-0.05, 0) is 23.8 Å². The molecular weight excluding hydrogens is 382 g/mol. The van der Waals surface area contributed by atoms with E-state index in [0.29, 0.717) is 12.2 Å². The summed E-state index contributed by atoms with van der Waals surface area (Å²) in [5.74, 6) is -0.948. The molecule has 146 valence electrons. The Kier molecular flexibility index (Phi) is 5.57. The normalized spacial score (nSPS) is 11.3. The Balaban J connectivity index is 1.58. The van der Waals surface area contributed by atoms with Crippen molar-refractivity contribution in [3.8, 4) is 17.5 Å². The Morgan fingerprint density at radius 3 is 2.54 bits per heavy atom. The molecule has 0 spiro atoms. The minimum Gasteiger partial charge on any atom is -0.476 e. The van der Waals surface area contributed by atoms with Gasteiger partial charge in [-0.15, -0.1) is 0 Å². The van der Waals surface area contributed by atoms with E-state index in [2.05, 4.69) is 15.0 Å². The number of aromatic amines is 1. The highest BCUT2D eigenvalue weighted by Gasteiger charge is 2.32. The van der Waals surface area contributed by atoms with Gasteiger partial charge < -0.3 is 9.47 Å². The Bertz CT molecular complexity index is 1000. The topological polar surface area (TPSA) is 77.1 Å². The van der Waals surface area contributed by atoms with E-state index in [4.69, 9.17) is 9.47 Å². The largest absolute Gasteiger partial charge is 0.476 e. The SMILES string of the molecule is O=c1ncc(F)c(OCCc2ccc(Oc3cccc(C(F)(F)F)n3)cc2)[nH]1. The van der Waals surface area contributed by atoms with Crippen LogP contribution in [0.25, 0.3) is 0 Å². The van der Waals surface area contributed by atoms with Gasteiger partial charge in [-0.3, -0.25) is 4.98 Å². The number of hydrogen-bond acceptors (Lipinski definition) is 5. The molecule has 0 amide bonds. The van der Waals surface area contributed by atoms with Crippen molar-refractivity contribution in [2.75, 3.05) is 6.61 Å². The summed E-state index contributed by atoms with van der Waals surface area (Å²) in [6.07, 6.45) is -3.39. The second-order valence-corrected chi connectivity index (χ2v) is 5.57. The first kappa shape index (κ1) is 19.3. The van der Waals surface area contributed by atoms with Crippen molar-refractivity contribution in [3.05, 3.63) is 76.2 Å². The lowest BCUT2D eigenvalue weighted by atomic mass is 10.1. The molecule has 0 aliphatic carbocycles. The Morgan fingerprint density at radius 1 is 1.07 bits per heavy atom.